The molecule has 2 aromatic heterocycles. The Labute approximate surface area is 125 Å². The van der Waals surface area contributed by atoms with Crippen LogP contribution in [0.25, 0.3) is 11.5 Å². The molecule has 0 aliphatic heterocycles. The zero-order valence-corrected chi connectivity index (χ0v) is 12.7. The monoisotopic (exact) mass is 286 g/mol. The zero-order chi connectivity index (χ0) is 14.7. The van der Waals surface area contributed by atoms with Gasteiger partial charge in [0.15, 0.2) is 0 Å². The van der Waals surface area contributed by atoms with Crippen LogP contribution in [0.15, 0.2) is 28.9 Å². The van der Waals surface area contributed by atoms with Gasteiger partial charge in [0.05, 0.1) is 6.54 Å². The van der Waals surface area contributed by atoms with E-state index < -0.39 is 0 Å². The standard InChI is InChI=1S/C16H22N4O/c1-12-6-8-13(9-7-12)20(2)11-15-18-16(19-21-15)14-5-3-4-10-17-14/h3-5,10,12-13H,6-9,11H2,1-2H3. The van der Waals surface area contributed by atoms with Crippen molar-refractivity contribution in [1.29, 1.82) is 0 Å². The van der Waals surface area contributed by atoms with Crippen LogP contribution >= 0.6 is 0 Å². The Morgan fingerprint density at radius 2 is 2.05 bits per heavy atom. The number of hydrogen-bond donors (Lipinski definition) is 0. The quantitative estimate of drug-likeness (QED) is 0.864. The summed E-state index contributed by atoms with van der Waals surface area (Å²) in [4.78, 5) is 11.0. The van der Waals surface area contributed by atoms with Crippen molar-refractivity contribution in [3.05, 3.63) is 30.3 Å². The van der Waals surface area contributed by atoms with Gasteiger partial charge in [-0.3, -0.25) is 9.88 Å². The van der Waals surface area contributed by atoms with Crippen molar-refractivity contribution in [2.45, 2.75) is 45.2 Å². The van der Waals surface area contributed by atoms with Gasteiger partial charge in [-0.15, -0.1) is 0 Å². The Hall–Kier alpha value is -1.75. The van der Waals surface area contributed by atoms with Crippen LogP contribution < -0.4 is 0 Å². The van der Waals surface area contributed by atoms with Crippen molar-refractivity contribution >= 4 is 0 Å². The van der Waals surface area contributed by atoms with E-state index in [9.17, 15) is 0 Å². The lowest BCUT2D eigenvalue weighted by molar-refractivity contribution is 0.148. The lowest BCUT2D eigenvalue weighted by Gasteiger charge is -2.32. The zero-order valence-electron chi connectivity index (χ0n) is 12.7. The van der Waals surface area contributed by atoms with Gasteiger partial charge < -0.3 is 4.52 Å². The fourth-order valence-corrected chi connectivity index (χ4v) is 2.94. The van der Waals surface area contributed by atoms with Gasteiger partial charge in [0.1, 0.15) is 5.69 Å². The Morgan fingerprint density at radius 1 is 1.24 bits per heavy atom. The molecule has 112 valence electrons. The maximum absolute atomic E-state index is 5.36. The van der Waals surface area contributed by atoms with E-state index >= 15 is 0 Å². The van der Waals surface area contributed by atoms with Gasteiger partial charge in [0.2, 0.25) is 11.7 Å². The predicted molar refractivity (Wildman–Crippen MR) is 80.4 cm³/mol. The Bertz CT molecular complexity index is 561. The highest BCUT2D eigenvalue weighted by Gasteiger charge is 2.23. The molecule has 5 nitrogen and oxygen atoms in total. The van der Waals surface area contributed by atoms with Gasteiger partial charge in [-0.05, 0) is 50.8 Å². The molecule has 0 spiro atoms. The highest BCUT2D eigenvalue weighted by molar-refractivity contribution is 5.46. The van der Waals surface area contributed by atoms with E-state index in [1.165, 1.54) is 25.7 Å². The van der Waals surface area contributed by atoms with Gasteiger partial charge in [-0.2, -0.15) is 4.98 Å². The van der Waals surface area contributed by atoms with E-state index in [0.29, 0.717) is 24.3 Å². The molecule has 2 heterocycles. The molecule has 0 N–H and O–H groups in total. The molecule has 0 bridgehead atoms. The van der Waals surface area contributed by atoms with Crippen LogP contribution in [0.3, 0.4) is 0 Å². The summed E-state index contributed by atoms with van der Waals surface area (Å²) in [7, 11) is 2.14. The third-order valence-electron chi connectivity index (χ3n) is 4.36. The fourth-order valence-electron chi connectivity index (χ4n) is 2.94. The molecule has 0 aromatic carbocycles. The molecule has 0 saturated heterocycles. The molecule has 2 aromatic rings. The predicted octanol–water partition coefficient (Wildman–Crippen LogP) is 3.14. The molecule has 3 rings (SSSR count). The van der Waals surface area contributed by atoms with E-state index in [4.69, 9.17) is 4.52 Å². The summed E-state index contributed by atoms with van der Waals surface area (Å²) in [6, 6.07) is 6.32. The molecule has 0 amide bonds. The average molecular weight is 286 g/mol. The van der Waals surface area contributed by atoms with E-state index in [1.807, 2.05) is 18.2 Å². The molecule has 0 unspecified atom stereocenters. The average Bonchev–Trinajstić information content (AvgIpc) is 2.97. The summed E-state index contributed by atoms with van der Waals surface area (Å²) in [6.07, 6.45) is 6.90. The molecule has 0 atom stereocenters. The molecule has 5 heteroatoms. The molecule has 1 aliphatic rings. The van der Waals surface area contributed by atoms with Crippen molar-refractivity contribution < 1.29 is 4.52 Å². The van der Waals surface area contributed by atoms with Crippen LogP contribution in [0.4, 0.5) is 0 Å². The van der Waals surface area contributed by atoms with Gasteiger partial charge in [-0.1, -0.05) is 18.1 Å². The lowest BCUT2D eigenvalue weighted by Crippen LogP contribution is -2.34. The summed E-state index contributed by atoms with van der Waals surface area (Å²) in [6.45, 7) is 3.05. The third kappa shape index (κ3) is 3.47. The topological polar surface area (TPSA) is 55.1 Å². The summed E-state index contributed by atoms with van der Waals surface area (Å²) in [5.74, 6) is 2.10. The van der Waals surface area contributed by atoms with Crippen molar-refractivity contribution in [1.82, 2.24) is 20.0 Å². The second-order valence-corrected chi connectivity index (χ2v) is 6.06. The minimum atomic E-state index is 0.566. The van der Waals surface area contributed by atoms with Crippen LogP contribution in [-0.4, -0.2) is 33.1 Å². The first-order chi connectivity index (χ1) is 10.2. The van der Waals surface area contributed by atoms with E-state index in [0.717, 1.165) is 11.6 Å². The number of pyridine rings is 1. The van der Waals surface area contributed by atoms with E-state index in [2.05, 4.69) is 34.0 Å². The van der Waals surface area contributed by atoms with E-state index in [-0.39, 0.29) is 0 Å². The lowest BCUT2D eigenvalue weighted by atomic mass is 9.87. The Kier molecular flexibility index (Phi) is 4.29. The van der Waals surface area contributed by atoms with Gasteiger partial charge in [-0.25, -0.2) is 0 Å². The summed E-state index contributed by atoms with van der Waals surface area (Å²) >= 11 is 0. The first-order valence-electron chi connectivity index (χ1n) is 7.66. The van der Waals surface area contributed by atoms with Gasteiger partial charge in [0, 0.05) is 12.2 Å². The van der Waals surface area contributed by atoms with Crippen LogP contribution in [-0.2, 0) is 6.54 Å². The molecular formula is C16H22N4O. The second kappa shape index (κ2) is 6.35. The molecule has 0 radical (unpaired) electrons. The van der Waals surface area contributed by atoms with Crippen LogP contribution in [0.2, 0.25) is 0 Å². The van der Waals surface area contributed by atoms with Crippen LogP contribution in [0, 0.1) is 5.92 Å². The maximum Gasteiger partial charge on any atom is 0.241 e. The van der Waals surface area contributed by atoms with Crippen molar-refractivity contribution in [2.75, 3.05) is 7.05 Å². The molecule has 1 fully saturated rings. The first-order valence-corrected chi connectivity index (χ1v) is 7.66. The van der Waals surface area contributed by atoms with Gasteiger partial charge in [0.25, 0.3) is 0 Å². The SMILES string of the molecule is CC1CCC(N(C)Cc2nc(-c3ccccn3)no2)CC1. The first kappa shape index (κ1) is 14.2. The summed E-state index contributed by atoms with van der Waals surface area (Å²) < 4.78 is 5.36. The summed E-state index contributed by atoms with van der Waals surface area (Å²) in [5.41, 5.74) is 0.752. The second-order valence-electron chi connectivity index (χ2n) is 6.06. The van der Waals surface area contributed by atoms with Crippen molar-refractivity contribution in [2.24, 2.45) is 5.92 Å². The molecule has 1 aliphatic carbocycles. The number of aromatic nitrogens is 3. The number of rotatable bonds is 4. The largest absolute Gasteiger partial charge is 0.337 e. The smallest absolute Gasteiger partial charge is 0.241 e. The highest BCUT2D eigenvalue weighted by atomic mass is 16.5. The normalized spacial score (nSPS) is 22.6. The third-order valence-corrected chi connectivity index (χ3v) is 4.36. The number of hydrogen-bond acceptors (Lipinski definition) is 5. The molecular weight excluding hydrogens is 264 g/mol. The number of nitrogens with zero attached hydrogens (tertiary/aromatic N) is 4. The Morgan fingerprint density at radius 3 is 2.76 bits per heavy atom. The Balaban J connectivity index is 1.62. The van der Waals surface area contributed by atoms with Crippen molar-refractivity contribution in [3.63, 3.8) is 0 Å². The highest BCUT2D eigenvalue weighted by Crippen LogP contribution is 2.27. The summed E-state index contributed by atoms with van der Waals surface area (Å²) in [5, 5.41) is 4.02. The maximum atomic E-state index is 5.36. The minimum absolute atomic E-state index is 0.566. The molecule has 21 heavy (non-hydrogen) atoms. The van der Waals surface area contributed by atoms with Crippen LogP contribution in [0.1, 0.15) is 38.5 Å². The van der Waals surface area contributed by atoms with Crippen LogP contribution in [0.5, 0.6) is 0 Å². The van der Waals surface area contributed by atoms with Gasteiger partial charge >= 0.3 is 0 Å². The fraction of sp³-hybridized carbons (Fsp3) is 0.562. The minimum Gasteiger partial charge on any atom is -0.337 e. The molecule has 1 saturated carbocycles. The van der Waals surface area contributed by atoms with E-state index in [1.54, 1.807) is 6.20 Å². The van der Waals surface area contributed by atoms with Crippen molar-refractivity contribution in [3.8, 4) is 11.5 Å².